The zero-order valence-electron chi connectivity index (χ0n) is 7.35. The van der Waals surface area contributed by atoms with Crippen molar-refractivity contribution < 1.29 is 9.18 Å². The predicted molar refractivity (Wildman–Crippen MR) is 54.1 cm³/mol. The van der Waals surface area contributed by atoms with Gasteiger partial charge in [0.2, 0.25) is 5.91 Å². The van der Waals surface area contributed by atoms with E-state index in [0.29, 0.717) is 5.56 Å². The fraction of sp³-hybridized carbons (Fsp3) is 0.222. The van der Waals surface area contributed by atoms with Crippen LogP contribution >= 0.6 is 23.2 Å². The first kappa shape index (κ1) is 11.3. The SMILES string of the molecule is CNC(=O)C(Cl)c1ccc(Cl)c(F)c1. The van der Waals surface area contributed by atoms with Crippen LogP contribution in [0.2, 0.25) is 5.02 Å². The number of halogens is 3. The Hall–Kier alpha value is -0.800. The number of nitrogens with one attached hydrogen (secondary N) is 1. The van der Waals surface area contributed by atoms with Crippen molar-refractivity contribution in [2.75, 3.05) is 7.05 Å². The number of rotatable bonds is 2. The van der Waals surface area contributed by atoms with Gasteiger partial charge in [0.25, 0.3) is 0 Å². The number of hydrogen-bond acceptors (Lipinski definition) is 1. The minimum absolute atomic E-state index is 0.00882. The van der Waals surface area contributed by atoms with Gasteiger partial charge in [-0.25, -0.2) is 4.39 Å². The van der Waals surface area contributed by atoms with Crippen LogP contribution in [-0.4, -0.2) is 13.0 Å². The third-order valence-electron chi connectivity index (χ3n) is 1.71. The van der Waals surface area contributed by atoms with Gasteiger partial charge >= 0.3 is 0 Å². The molecule has 0 aliphatic heterocycles. The molecule has 0 saturated heterocycles. The molecule has 1 atom stereocenters. The summed E-state index contributed by atoms with van der Waals surface area (Å²) in [4.78, 5) is 11.1. The van der Waals surface area contributed by atoms with Crippen molar-refractivity contribution in [2.24, 2.45) is 0 Å². The van der Waals surface area contributed by atoms with E-state index in [1.54, 1.807) is 0 Å². The lowest BCUT2D eigenvalue weighted by molar-refractivity contribution is -0.120. The minimum Gasteiger partial charge on any atom is -0.358 e. The Morgan fingerprint density at radius 2 is 2.21 bits per heavy atom. The van der Waals surface area contributed by atoms with Crippen molar-refractivity contribution in [3.63, 3.8) is 0 Å². The van der Waals surface area contributed by atoms with Crippen LogP contribution in [0.25, 0.3) is 0 Å². The molecule has 0 bridgehead atoms. The summed E-state index contributed by atoms with van der Waals surface area (Å²) in [6.07, 6.45) is 0. The lowest BCUT2D eigenvalue weighted by Crippen LogP contribution is -2.22. The van der Waals surface area contributed by atoms with E-state index in [1.165, 1.54) is 19.2 Å². The van der Waals surface area contributed by atoms with Gasteiger partial charge in [-0.2, -0.15) is 0 Å². The van der Waals surface area contributed by atoms with Gasteiger partial charge in [0.05, 0.1) is 5.02 Å². The van der Waals surface area contributed by atoms with Crippen molar-refractivity contribution in [3.8, 4) is 0 Å². The Morgan fingerprint density at radius 1 is 1.57 bits per heavy atom. The number of alkyl halides is 1. The average Bonchev–Trinajstić information content (AvgIpc) is 2.20. The lowest BCUT2D eigenvalue weighted by atomic mass is 10.1. The summed E-state index contributed by atoms with van der Waals surface area (Å²) >= 11 is 11.2. The Labute approximate surface area is 91.0 Å². The molecule has 1 N–H and O–H groups in total. The highest BCUT2D eigenvalue weighted by atomic mass is 35.5. The van der Waals surface area contributed by atoms with E-state index in [2.05, 4.69) is 5.32 Å². The summed E-state index contributed by atoms with van der Waals surface area (Å²) in [5.74, 6) is -0.966. The van der Waals surface area contributed by atoms with E-state index in [-0.39, 0.29) is 10.9 Å². The van der Waals surface area contributed by atoms with Crippen molar-refractivity contribution in [3.05, 3.63) is 34.6 Å². The number of carbonyl (C=O) groups excluding carboxylic acids is 1. The largest absolute Gasteiger partial charge is 0.358 e. The van der Waals surface area contributed by atoms with Crippen molar-refractivity contribution in [2.45, 2.75) is 5.38 Å². The zero-order valence-corrected chi connectivity index (χ0v) is 8.86. The van der Waals surface area contributed by atoms with E-state index in [9.17, 15) is 9.18 Å². The normalized spacial score (nSPS) is 12.3. The van der Waals surface area contributed by atoms with Crippen LogP contribution in [0.4, 0.5) is 4.39 Å². The van der Waals surface area contributed by atoms with Gasteiger partial charge < -0.3 is 5.32 Å². The van der Waals surface area contributed by atoms with E-state index < -0.39 is 11.2 Å². The molecule has 1 amide bonds. The van der Waals surface area contributed by atoms with Gasteiger partial charge in [0, 0.05) is 7.05 Å². The molecule has 1 unspecified atom stereocenters. The van der Waals surface area contributed by atoms with E-state index in [0.717, 1.165) is 6.07 Å². The summed E-state index contributed by atoms with van der Waals surface area (Å²) in [6.45, 7) is 0. The molecule has 0 saturated carbocycles. The Bertz CT molecular complexity index is 357. The van der Waals surface area contributed by atoms with Gasteiger partial charge in [-0.1, -0.05) is 17.7 Å². The summed E-state index contributed by atoms with van der Waals surface area (Å²) in [6, 6.07) is 4.03. The smallest absolute Gasteiger partial charge is 0.242 e. The second kappa shape index (κ2) is 4.62. The third-order valence-corrected chi connectivity index (χ3v) is 2.47. The molecule has 0 fully saturated rings. The number of carbonyl (C=O) groups is 1. The highest BCUT2D eigenvalue weighted by Crippen LogP contribution is 2.24. The molecular formula is C9H8Cl2FNO. The molecule has 0 aromatic heterocycles. The van der Waals surface area contributed by atoms with Crippen molar-refractivity contribution in [1.82, 2.24) is 5.32 Å². The van der Waals surface area contributed by atoms with Crippen LogP contribution in [0.1, 0.15) is 10.9 Å². The second-order valence-corrected chi connectivity index (χ2v) is 3.49. The zero-order chi connectivity index (χ0) is 10.7. The van der Waals surface area contributed by atoms with Crippen LogP contribution in [0, 0.1) is 5.82 Å². The number of hydrogen-bond donors (Lipinski definition) is 1. The predicted octanol–water partition coefficient (Wildman–Crippen LogP) is 2.51. The monoisotopic (exact) mass is 235 g/mol. The van der Waals surface area contributed by atoms with Crippen LogP contribution in [-0.2, 0) is 4.79 Å². The Kier molecular flexibility index (Phi) is 3.72. The molecule has 0 radical (unpaired) electrons. The van der Waals surface area contributed by atoms with Crippen LogP contribution in [0.15, 0.2) is 18.2 Å². The molecule has 1 aromatic carbocycles. The number of benzene rings is 1. The van der Waals surface area contributed by atoms with Gasteiger partial charge in [0.1, 0.15) is 11.2 Å². The maximum absolute atomic E-state index is 13.0. The number of amides is 1. The molecule has 5 heteroatoms. The molecule has 0 heterocycles. The first-order valence-electron chi connectivity index (χ1n) is 3.87. The molecule has 0 spiro atoms. The van der Waals surface area contributed by atoms with Crippen LogP contribution in [0.5, 0.6) is 0 Å². The second-order valence-electron chi connectivity index (χ2n) is 2.65. The van der Waals surface area contributed by atoms with Crippen molar-refractivity contribution >= 4 is 29.1 Å². The van der Waals surface area contributed by atoms with E-state index in [4.69, 9.17) is 23.2 Å². The first-order valence-corrected chi connectivity index (χ1v) is 4.68. The van der Waals surface area contributed by atoms with Gasteiger partial charge in [-0.3, -0.25) is 4.79 Å². The molecule has 1 rings (SSSR count). The quantitative estimate of drug-likeness (QED) is 0.785. The fourth-order valence-corrected chi connectivity index (χ4v) is 1.31. The summed E-state index contributed by atoms with van der Waals surface area (Å²) in [5.41, 5.74) is 0.382. The van der Waals surface area contributed by atoms with Crippen LogP contribution in [0.3, 0.4) is 0 Å². The highest BCUT2D eigenvalue weighted by Gasteiger charge is 2.17. The Balaban J connectivity index is 2.96. The highest BCUT2D eigenvalue weighted by molar-refractivity contribution is 6.31. The fourth-order valence-electron chi connectivity index (χ4n) is 0.948. The topological polar surface area (TPSA) is 29.1 Å². The standard InChI is InChI=1S/C9H8Cl2FNO/c1-13-9(14)8(11)5-2-3-6(10)7(12)4-5/h2-4,8H,1H3,(H,13,14). The van der Waals surface area contributed by atoms with Crippen molar-refractivity contribution in [1.29, 1.82) is 0 Å². The summed E-state index contributed by atoms with van der Waals surface area (Å²) < 4.78 is 13.0. The molecular weight excluding hydrogens is 228 g/mol. The molecule has 76 valence electrons. The van der Waals surface area contributed by atoms with Gasteiger partial charge in [-0.15, -0.1) is 11.6 Å². The molecule has 2 nitrogen and oxygen atoms in total. The lowest BCUT2D eigenvalue weighted by Gasteiger charge is -2.08. The van der Waals surface area contributed by atoms with E-state index in [1.807, 2.05) is 0 Å². The average molecular weight is 236 g/mol. The van der Waals surface area contributed by atoms with Gasteiger partial charge in [-0.05, 0) is 17.7 Å². The Morgan fingerprint density at radius 3 is 2.71 bits per heavy atom. The maximum atomic E-state index is 13.0. The molecule has 1 aromatic rings. The molecule has 0 aliphatic carbocycles. The number of likely N-dealkylation sites (N-methyl/N-ethyl adjacent to an activating group) is 1. The molecule has 14 heavy (non-hydrogen) atoms. The third kappa shape index (κ3) is 2.36. The van der Waals surface area contributed by atoms with Gasteiger partial charge in [0.15, 0.2) is 0 Å². The van der Waals surface area contributed by atoms with Crippen LogP contribution < -0.4 is 5.32 Å². The minimum atomic E-state index is -0.897. The molecule has 0 aliphatic rings. The van der Waals surface area contributed by atoms with E-state index >= 15 is 0 Å². The summed E-state index contributed by atoms with van der Waals surface area (Å²) in [5, 5.41) is 1.48. The first-order chi connectivity index (χ1) is 6.56. The maximum Gasteiger partial charge on any atom is 0.242 e. The summed E-state index contributed by atoms with van der Waals surface area (Å²) in [7, 11) is 1.46.